The zero-order valence-electron chi connectivity index (χ0n) is 13.8. The normalized spacial score (nSPS) is 21.6. The van der Waals surface area contributed by atoms with E-state index in [1.165, 1.54) is 0 Å². The van der Waals surface area contributed by atoms with Gasteiger partial charge in [-0.15, -0.1) is 0 Å². The quantitative estimate of drug-likeness (QED) is 0.919. The highest BCUT2D eigenvalue weighted by atomic mass is 32.2. The van der Waals surface area contributed by atoms with Crippen molar-refractivity contribution in [3.63, 3.8) is 0 Å². The van der Waals surface area contributed by atoms with E-state index in [-0.39, 0.29) is 12.0 Å². The zero-order valence-corrected chi connectivity index (χ0v) is 14.6. The van der Waals surface area contributed by atoms with Crippen molar-refractivity contribution in [1.82, 2.24) is 4.31 Å². The van der Waals surface area contributed by atoms with Crippen LogP contribution in [0.2, 0.25) is 0 Å². The fourth-order valence-corrected chi connectivity index (χ4v) is 4.86. The van der Waals surface area contributed by atoms with Crippen LogP contribution in [0, 0.1) is 19.8 Å². The largest absolute Gasteiger partial charge is 0.496 e. The summed E-state index contributed by atoms with van der Waals surface area (Å²) < 4.78 is 32.7. The minimum atomic E-state index is -3.48. The molecule has 1 aliphatic rings. The van der Waals surface area contributed by atoms with Crippen molar-refractivity contribution in [1.29, 1.82) is 0 Å². The number of rotatable bonds is 4. The molecule has 2 rings (SSSR count). The molecule has 0 bridgehead atoms. The van der Waals surface area contributed by atoms with Gasteiger partial charge >= 0.3 is 0 Å². The molecule has 1 fully saturated rings. The first-order valence-corrected chi connectivity index (χ1v) is 9.12. The van der Waals surface area contributed by atoms with Crippen molar-refractivity contribution in [2.75, 3.05) is 20.2 Å². The van der Waals surface area contributed by atoms with Gasteiger partial charge in [-0.25, -0.2) is 8.42 Å². The Bertz CT molecular complexity index is 618. The van der Waals surface area contributed by atoms with Gasteiger partial charge < -0.3 is 10.5 Å². The van der Waals surface area contributed by atoms with Crippen molar-refractivity contribution >= 4 is 10.0 Å². The fraction of sp³-hybridized carbons (Fsp3) is 0.625. The Labute approximate surface area is 133 Å². The molecule has 1 aliphatic heterocycles. The van der Waals surface area contributed by atoms with Gasteiger partial charge in [0.05, 0.1) is 12.0 Å². The molecular weight excluding hydrogens is 300 g/mol. The van der Waals surface area contributed by atoms with Crippen molar-refractivity contribution in [2.24, 2.45) is 11.7 Å². The monoisotopic (exact) mass is 326 g/mol. The highest BCUT2D eigenvalue weighted by Crippen LogP contribution is 2.30. The fourth-order valence-electron chi connectivity index (χ4n) is 3.15. The van der Waals surface area contributed by atoms with Gasteiger partial charge in [0.15, 0.2) is 0 Å². The van der Waals surface area contributed by atoms with Crippen LogP contribution in [-0.2, 0) is 10.0 Å². The van der Waals surface area contributed by atoms with Crippen molar-refractivity contribution in [3.05, 3.63) is 23.3 Å². The van der Waals surface area contributed by atoms with Crippen molar-refractivity contribution in [2.45, 2.75) is 44.6 Å². The molecule has 2 N–H and O–H groups in total. The van der Waals surface area contributed by atoms with Crippen LogP contribution in [0.3, 0.4) is 0 Å². The molecule has 1 saturated heterocycles. The summed E-state index contributed by atoms with van der Waals surface area (Å²) in [5, 5.41) is 0. The van der Waals surface area contributed by atoms with Gasteiger partial charge in [-0.05, 0) is 62.8 Å². The number of ether oxygens (including phenoxy) is 1. The third-order valence-corrected chi connectivity index (χ3v) is 6.28. The van der Waals surface area contributed by atoms with E-state index in [2.05, 4.69) is 0 Å². The molecule has 2 unspecified atom stereocenters. The average Bonchev–Trinajstić information content (AvgIpc) is 2.47. The molecular formula is C16H26N2O3S. The van der Waals surface area contributed by atoms with Crippen LogP contribution in [0.4, 0.5) is 0 Å². The molecule has 22 heavy (non-hydrogen) atoms. The first-order valence-electron chi connectivity index (χ1n) is 7.68. The highest BCUT2D eigenvalue weighted by Gasteiger charge is 2.32. The van der Waals surface area contributed by atoms with Crippen LogP contribution in [0.15, 0.2) is 17.0 Å². The number of piperidine rings is 1. The standard InChI is InChI=1S/C16H26N2O3S/c1-11-8-15(9-12(2)16(11)21-4)22(19,20)18-7-5-6-14(10-18)13(3)17/h8-9,13-14H,5-7,10,17H2,1-4H3. The lowest BCUT2D eigenvalue weighted by Gasteiger charge is -2.34. The van der Waals surface area contributed by atoms with E-state index in [1.54, 1.807) is 23.5 Å². The number of hydrogen-bond acceptors (Lipinski definition) is 4. The van der Waals surface area contributed by atoms with Crippen molar-refractivity contribution in [3.8, 4) is 5.75 Å². The Hall–Kier alpha value is -1.11. The smallest absolute Gasteiger partial charge is 0.243 e. The Morgan fingerprint density at radius 1 is 1.32 bits per heavy atom. The number of aryl methyl sites for hydroxylation is 2. The number of methoxy groups -OCH3 is 1. The number of nitrogens with two attached hydrogens (primary N) is 1. The molecule has 6 heteroatoms. The third kappa shape index (κ3) is 3.29. The van der Waals surface area contributed by atoms with Gasteiger partial charge in [-0.2, -0.15) is 4.31 Å². The summed E-state index contributed by atoms with van der Waals surface area (Å²) in [4.78, 5) is 0.341. The Kier molecular flexibility index (Phi) is 5.14. The maximum absolute atomic E-state index is 12.9. The molecule has 1 aromatic carbocycles. The predicted octanol–water partition coefficient (Wildman–Crippen LogP) is 2.06. The average molecular weight is 326 g/mol. The Morgan fingerprint density at radius 3 is 2.41 bits per heavy atom. The van der Waals surface area contributed by atoms with Crippen LogP contribution in [0.1, 0.15) is 30.9 Å². The summed E-state index contributed by atoms with van der Waals surface area (Å²) in [5.74, 6) is 0.968. The molecule has 0 aromatic heterocycles. The lowest BCUT2D eigenvalue weighted by molar-refractivity contribution is 0.243. The SMILES string of the molecule is COc1c(C)cc(S(=O)(=O)N2CCCC(C(C)N)C2)cc1C. The maximum Gasteiger partial charge on any atom is 0.243 e. The van der Waals surface area contributed by atoms with Gasteiger partial charge in [0.1, 0.15) is 5.75 Å². The van der Waals surface area contributed by atoms with Gasteiger partial charge in [-0.1, -0.05) is 0 Å². The summed E-state index contributed by atoms with van der Waals surface area (Å²) in [6.45, 7) is 6.75. The second kappa shape index (κ2) is 6.56. The number of sulfonamides is 1. The van der Waals surface area contributed by atoms with Gasteiger partial charge in [-0.3, -0.25) is 0 Å². The van der Waals surface area contributed by atoms with Crippen LogP contribution >= 0.6 is 0 Å². The molecule has 1 aromatic rings. The Morgan fingerprint density at radius 2 is 1.91 bits per heavy atom. The van der Waals surface area contributed by atoms with Gasteiger partial charge in [0.2, 0.25) is 10.0 Å². The summed E-state index contributed by atoms with van der Waals surface area (Å²) in [5.41, 5.74) is 7.63. The summed E-state index contributed by atoms with van der Waals surface area (Å²) in [6, 6.07) is 3.39. The van der Waals surface area contributed by atoms with E-state index in [0.717, 1.165) is 29.7 Å². The van der Waals surface area contributed by atoms with E-state index in [1.807, 2.05) is 20.8 Å². The number of nitrogens with zero attached hydrogens (tertiary/aromatic N) is 1. The van der Waals surface area contributed by atoms with E-state index >= 15 is 0 Å². The second-order valence-electron chi connectivity index (χ2n) is 6.21. The number of benzene rings is 1. The molecule has 124 valence electrons. The Balaban J connectivity index is 2.34. The first kappa shape index (κ1) is 17.2. The molecule has 0 aliphatic carbocycles. The van der Waals surface area contributed by atoms with Crippen LogP contribution in [0.5, 0.6) is 5.75 Å². The number of hydrogen-bond donors (Lipinski definition) is 1. The van der Waals surface area contributed by atoms with Gasteiger partial charge in [0, 0.05) is 19.1 Å². The van der Waals surface area contributed by atoms with Crippen LogP contribution in [0.25, 0.3) is 0 Å². The van der Waals surface area contributed by atoms with E-state index in [4.69, 9.17) is 10.5 Å². The summed E-state index contributed by atoms with van der Waals surface area (Å²) >= 11 is 0. The topological polar surface area (TPSA) is 72.6 Å². The highest BCUT2D eigenvalue weighted by molar-refractivity contribution is 7.89. The van der Waals surface area contributed by atoms with Crippen molar-refractivity contribution < 1.29 is 13.2 Å². The molecule has 1 heterocycles. The summed E-state index contributed by atoms with van der Waals surface area (Å²) in [7, 11) is -1.88. The molecule has 5 nitrogen and oxygen atoms in total. The molecule has 0 saturated carbocycles. The maximum atomic E-state index is 12.9. The predicted molar refractivity (Wildman–Crippen MR) is 87.6 cm³/mol. The minimum Gasteiger partial charge on any atom is -0.496 e. The lowest BCUT2D eigenvalue weighted by atomic mass is 9.93. The van der Waals surface area contributed by atoms with Crippen LogP contribution < -0.4 is 10.5 Å². The third-order valence-electron chi connectivity index (χ3n) is 4.44. The molecule has 0 radical (unpaired) electrons. The zero-order chi connectivity index (χ0) is 16.5. The molecule has 0 spiro atoms. The van der Waals surface area contributed by atoms with Crippen LogP contribution in [-0.4, -0.2) is 39.0 Å². The van der Waals surface area contributed by atoms with E-state index in [9.17, 15) is 8.42 Å². The lowest BCUT2D eigenvalue weighted by Crippen LogP contribution is -2.44. The van der Waals surface area contributed by atoms with E-state index < -0.39 is 10.0 Å². The first-order chi connectivity index (χ1) is 10.3. The van der Waals surface area contributed by atoms with Gasteiger partial charge in [0.25, 0.3) is 0 Å². The summed E-state index contributed by atoms with van der Waals surface area (Å²) in [6.07, 6.45) is 1.85. The van der Waals surface area contributed by atoms with E-state index in [0.29, 0.717) is 18.0 Å². The molecule has 2 atom stereocenters. The second-order valence-corrected chi connectivity index (χ2v) is 8.15. The molecule has 0 amide bonds. The minimum absolute atomic E-state index is 0.0114.